The van der Waals surface area contributed by atoms with E-state index in [0.29, 0.717) is 11.6 Å². The number of hydrogen-bond acceptors (Lipinski definition) is 3. The van der Waals surface area contributed by atoms with Gasteiger partial charge >= 0.3 is 0 Å². The van der Waals surface area contributed by atoms with E-state index in [1.807, 2.05) is 11.3 Å². The minimum absolute atomic E-state index is 0.378. The summed E-state index contributed by atoms with van der Waals surface area (Å²) in [4.78, 5) is 4.27. The van der Waals surface area contributed by atoms with Gasteiger partial charge in [0.1, 0.15) is 0 Å². The molecule has 0 bridgehead atoms. The van der Waals surface area contributed by atoms with Crippen molar-refractivity contribution in [2.45, 2.75) is 70.9 Å². The summed E-state index contributed by atoms with van der Waals surface area (Å²) < 4.78 is 0. The van der Waals surface area contributed by atoms with Gasteiger partial charge in [0.05, 0.1) is 0 Å². The predicted molar refractivity (Wildman–Crippen MR) is 94.2 cm³/mol. The minimum Gasteiger partial charge on any atom is -0.312 e. The Bertz CT molecular complexity index is 378. The van der Waals surface area contributed by atoms with Crippen molar-refractivity contribution in [3.8, 4) is 0 Å². The highest BCUT2D eigenvalue weighted by Gasteiger charge is 2.44. The van der Waals surface area contributed by atoms with E-state index < -0.39 is 0 Å². The molecular weight excluding hydrogens is 276 g/mol. The Hall–Kier alpha value is -0.380. The molecule has 1 fully saturated rings. The zero-order valence-corrected chi connectivity index (χ0v) is 14.8. The molecular formula is C18H32N2S. The van der Waals surface area contributed by atoms with E-state index in [-0.39, 0.29) is 0 Å². The third-order valence-corrected chi connectivity index (χ3v) is 6.04. The maximum atomic E-state index is 3.90. The normalized spacial score (nSPS) is 19.2. The van der Waals surface area contributed by atoms with Crippen molar-refractivity contribution in [1.29, 1.82) is 0 Å². The third kappa shape index (κ3) is 3.88. The van der Waals surface area contributed by atoms with Gasteiger partial charge in [0, 0.05) is 16.5 Å². The van der Waals surface area contributed by atoms with Gasteiger partial charge in [-0.05, 0) is 56.8 Å². The second kappa shape index (κ2) is 8.30. The Morgan fingerprint density at radius 2 is 1.95 bits per heavy atom. The number of hydrogen-bond donors (Lipinski definition) is 1. The molecule has 0 saturated heterocycles. The fourth-order valence-electron chi connectivity index (χ4n) is 4.13. The number of thiophene rings is 1. The van der Waals surface area contributed by atoms with Gasteiger partial charge in [0.2, 0.25) is 0 Å². The average Bonchev–Trinajstić information content (AvgIpc) is 3.17. The van der Waals surface area contributed by atoms with Crippen molar-refractivity contribution >= 4 is 11.3 Å². The lowest BCUT2D eigenvalue weighted by Gasteiger charge is -2.46. The first kappa shape index (κ1) is 17.0. The molecule has 1 saturated carbocycles. The van der Waals surface area contributed by atoms with Crippen molar-refractivity contribution < 1.29 is 0 Å². The SMILES string of the molecule is CCCNC(Cc1cccs1)C1(N(CC)CC)CCCC1. The molecule has 1 aliphatic rings. The van der Waals surface area contributed by atoms with Crippen molar-refractivity contribution in [2.24, 2.45) is 0 Å². The van der Waals surface area contributed by atoms with Gasteiger partial charge in [-0.3, -0.25) is 4.90 Å². The van der Waals surface area contributed by atoms with Crippen LogP contribution in [0, 0.1) is 0 Å². The van der Waals surface area contributed by atoms with Gasteiger partial charge in [0.15, 0.2) is 0 Å². The van der Waals surface area contributed by atoms with Crippen LogP contribution in [0.1, 0.15) is 57.8 Å². The summed E-state index contributed by atoms with van der Waals surface area (Å²) in [5.41, 5.74) is 0.378. The molecule has 0 aliphatic heterocycles. The molecule has 1 N–H and O–H groups in total. The van der Waals surface area contributed by atoms with Gasteiger partial charge in [-0.25, -0.2) is 0 Å². The molecule has 1 aromatic heterocycles. The Balaban J connectivity index is 2.21. The van der Waals surface area contributed by atoms with E-state index in [0.717, 1.165) is 6.54 Å². The second-order valence-corrected chi connectivity index (χ2v) is 7.31. The maximum Gasteiger partial charge on any atom is 0.0365 e. The molecule has 0 amide bonds. The molecule has 1 unspecified atom stereocenters. The lowest BCUT2D eigenvalue weighted by atomic mass is 9.83. The van der Waals surface area contributed by atoms with E-state index in [2.05, 4.69) is 48.5 Å². The largest absolute Gasteiger partial charge is 0.312 e. The quantitative estimate of drug-likeness (QED) is 0.731. The molecule has 120 valence electrons. The van der Waals surface area contributed by atoms with Crippen molar-refractivity contribution in [3.63, 3.8) is 0 Å². The van der Waals surface area contributed by atoms with Crippen LogP contribution >= 0.6 is 11.3 Å². The standard InChI is InChI=1S/C18H32N2S/c1-4-13-19-17(15-16-10-9-14-21-16)18(11-7-8-12-18)20(5-2)6-3/h9-10,14,17,19H,4-8,11-13,15H2,1-3H3. The van der Waals surface area contributed by atoms with Gasteiger partial charge in [-0.2, -0.15) is 0 Å². The predicted octanol–water partition coefficient (Wildman–Crippen LogP) is 4.31. The van der Waals surface area contributed by atoms with Crippen LogP contribution in [-0.2, 0) is 6.42 Å². The zero-order valence-electron chi connectivity index (χ0n) is 14.0. The van der Waals surface area contributed by atoms with E-state index in [1.54, 1.807) is 0 Å². The fraction of sp³-hybridized carbons (Fsp3) is 0.778. The molecule has 0 aromatic carbocycles. The number of nitrogens with zero attached hydrogens (tertiary/aromatic N) is 1. The lowest BCUT2D eigenvalue weighted by molar-refractivity contribution is 0.0632. The molecule has 2 nitrogen and oxygen atoms in total. The summed E-state index contributed by atoms with van der Waals surface area (Å²) in [7, 11) is 0. The first-order chi connectivity index (χ1) is 10.3. The molecule has 1 heterocycles. The van der Waals surface area contributed by atoms with Crippen LogP contribution in [0.3, 0.4) is 0 Å². The van der Waals surface area contributed by atoms with Crippen LogP contribution in [-0.4, -0.2) is 36.1 Å². The molecule has 2 rings (SSSR count). The smallest absolute Gasteiger partial charge is 0.0365 e. The summed E-state index contributed by atoms with van der Waals surface area (Å²) >= 11 is 1.91. The summed E-state index contributed by atoms with van der Waals surface area (Å²) in [6.07, 6.45) is 7.92. The highest BCUT2D eigenvalue weighted by atomic mass is 32.1. The summed E-state index contributed by atoms with van der Waals surface area (Å²) in [5.74, 6) is 0. The minimum atomic E-state index is 0.378. The number of nitrogens with one attached hydrogen (secondary N) is 1. The molecule has 0 radical (unpaired) electrons. The molecule has 1 atom stereocenters. The second-order valence-electron chi connectivity index (χ2n) is 6.27. The Morgan fingerprint density at radius 1 is 1.24 bits per heavy atom. The first-order valence-electron chi connectivity index (χ1n) is 8.77. The van der Waals surface area contributed by atoms with E-state index >= 15 is 0 Å². The number of likely N-dealkylation sites (N-methyl/N-ethyl adjacent to an activating group) is 1. The van der Waals surface area contributed by atoms with Gasteiger partial charge in [-0.1, -0.05) is 39.7 Å². The van der Waals surface area contributed by atoms with Gasteiger partial charge in [-0.15, -0.1) is 11.3 Å². The summed E-state index contributed by atoms with van der Waals surface area (Å²) in [5, 5.41) is 6.12. The van der Waals surface area contributed by atoms with E-state index in [1.165, 1.54) is 56.5 Å². The average molecular weight is 309 g/mol. The van der Waals surface area contributed by atoms with Crippen LogP contribution in [0.5, 0.6) is 0 Å². The lowest BCUT2D eigenvalue weighted by Crippen LogP contribution is -2.60. The third-order valence-electron chi connectivity index (χ3n) is 5.14. The molecule has 3 heteroatoms. The number of rotatable bonds is 9. The first-order valence-corrected chi connectivity index (χ1v) is 9.65. The molecule has 0 spiro atoms. The Morgan fingerprint density at radius 3 is 2.48 bits per heavy atom. The van der Waals surface area contributed by atoms with E-state index in [4.69, 9.17) is 0 Å². The monoisotopic (exact) mass is 308 g/mol. The van der Waals surface area contributed by atoms with Crippen LogP contribution in [0.2, 0.25) is 0 Å². The Labute approximate surface area is 134 Å². The van der Waals surface area contributed by atoms with Gasteiger partial charge < -0.3 is 5.32 Å². The van der Waals surface area contributed by atoms with Crippen molar-refractivity contribution in [3.05, 3.63) is 22.4 Å². The van der Waals surface area contributed by atoms with Crippen LogP contribution in [0.4, 0.5) is 0 Å². The summed E-state index contributed by atoms with van der Waals surface area (Å²) in [6.45, 7) is 10.4. The molecule has 1 aromatic rings. The molecule has 21 heavy (non-hydrogen) atoms. The summed E-state index contributed by atoms with van der Waals surface area (Å²) in [6, 6.07) is 5.09. The maximum absolute atomic E-state index is 3.90. The van der Waals surface area contributed by atoms with Crippen LogP contribution in [0.25, 0.3) is 0 Å². The topological polar surface area (TPSA) is 15.3 Å². The highest BCUT2D eigenvalue weighted by Crippen LogP contribution is 2.39. The van der Waals surface area contributed by atoms with Crippen molar-refractivity contribution in [1.82, 2.24) is 10.2 Å². The van der Waals surface area contributed by atoms with Gasteiger partial charge in [0.25, 0.3) is 0 Å². The van der Waals surface area contributed by atoms with E-state index in [9.17, 15) is 0 Å². The fourth-order valence-corrected chi connectivity index (χ4v) is 4.88. The Kier molecular flexibility index (Phi) is 6.72. The van der Waals surface area contributed by atoms with Crippen molar-refractivity contribution in [2.75, 3.05) is 19.6 Å². The van der Waals surface area contributed by atoms with Crippen LogP contribution in [0.15, 0.2) is 17.5 Å². The molecule has 1 aliphatic carbocycles. The highest BCUT2D eigenvalue weighted by molar-refractivity contribution is 7.09. The zero-order chi connectivity index (χ0) is 15.1. The van der Waals surface area contributed by atoms with Crippen LogP contribution < -0.4 is 5.32 Å².